The Bertz CT molecular complexity index is 525. The Morgan fingerprint density at radius 2 is 1.38 bits per heavy atom. The second-order valence-corrected chi connectivity index (χ2v) is 7.91. The van der Waals surface area contributed by atoms with Gasteiger partial charge >= 0.3 is 17.1 Å². The van der Waals surface area contributed by atoms with Crippen molar-refractivity contribution < 1.29 is 17.1 Å². The molecule has 0 amide bonds. The van der Waals surface area contributed by atoms with Crippen molar-refractivity contribution >= 4 is 14.5 Å². The fourth-order valence-electron chi connectivity index (χ4n) is 4.48. The van der Waals surface area contributed by atoms with Gasteiger partial charge in [0.05, 0.1) is 0 Å². The third-order valence-corrected chi connectivity index (χ3v) is 6.18. The first-order chi connectivity index (χ1) is 11.4. The van der Waals surface area contributed by atoms with E-state index >= 15 is 0 Å². The van der Waals surface area contributed by atoms with E-state index in [1.807, 2.05) is 30.3 Å². The largest absolute Gasteiger partial charge is 2.00 e. The molecule has 0 aromatic heterocycles. The summed E-state index contributed by atoms with van der Waals surface area (Å²) in [5.41, 5.74) is 3.47. The van der Waals surface area contributed by atoms with Crippen LogP contribution in [0, 0.1) is 0 Å². The minimum Gasteiger partial charge on any atom is -0.214 e. The monoisotopic (exact) mass is 382 g/mol. The van der Waals surface area contributed by atoms with Crippen molar-refractivity contribution in [3.63, 3.8) is 0 Å². The molecule has 0 N–H and O–H groups in total. The Labute approximate surface area is 161 Å². The molecule has 0 nitrogen and oxygen atoms in total. The molecule has 0 aliphatic heterocycles. The van der Waals surface area contributed by atoms with Crippen LogP contribution in [0.5, 0.6) is 0 Å². The second kappa shape index (κ2) is 10.6. The first kappa shape index (κ1) is 20.0. The molecule has 0 heterocycles. The van der Waals surface area contributed by atoms with Crippen molar-refractivity contribution in [3.8, 4) is 0 Å². The van der Waals surface area contributed by atoms with Gasteiger partial charge in [-0.05, 0) is 18.8 Å². The van der Waals surface area contributed by atoms with E-state index in [1.165, 1.54) is 69.5 Å². The van der Waals surface area contributed by atoms with Crippen molar-refractivity contribution in [3.05, 3.63) is 53.6 Å². The molecule has 2 aromatic carbocycles. The van der Waals surface area contributed by atoms with Gasteiger partial charge < -0.3 is 0 Å². The van der Waals surface area contributed by atoms with E-state index in [0.717, 1.165) is 11.8 Å². The maximum Gasteiger partial charge on any atom is 2.00 e. The summed E-state index contributed by atoms with van der Waals surface area (Å²) in [6, 6.07) is 14.8. The van der Waals surface area contributed by atoms with Gasteiger partial charge in [0.15, 0.2) is 0 Å². The van der Waals surface area contributed by atoms with Gasteiger partial charge in [-0.15, -0.1) is 5.30 Å². The van der Waals surface area contributed by atoms with E-state index < -0.39 is 0 Å². The first-order valence-corrected chi connectivity index (χ1v) is 10.2. The minimum atomic E-state index is 0. The summed E-state index contributed by atoms with van der Waals surface area (Å²) >= 11 is 0. The van der Waals surface area contributed by atoms with Crippen molar-refractivity contribution in [1.82, 2.24) is 0 Å². The van der Waals surface area contributed by atoms with Crippen LogP contribution >= 0.6 is 9.24 Å². The molecule has 24 heavy (non-hydrogen) atoms. The van der Waals surface area contributed by atoms with Crippen LogP contribution in [0.4, 0.5) is 0 Å². The Morgan fingerprint density at radius 1 is 0.833 bits per heavy atom. The summed E-state index contributed by atoms with van der Waals surface area (Å²) in [6.07, 6.45) is 14.5. The summed E-state index contributed by atoms with van der Waals surface area (Å²) in [5, 5.41) is 1.50. The molecule has 0 radical (unpaired) electrons. The van der Waals surface area contributed by atoms with Gasteiger partial charge in [-0.25, -0.2) is 18.2 Å². The van der Waals surface area contributed by atoms with Crippen LogP contribution in [0.2, 0.25) is 0 Å². The smallest absolute Gasteiger partial charge is 0.214 e. The molecule has 2 aliphatic carbocycles. The second-order valence-electron chi connectivity index (χ2n) is 7.29. The van der Waals surface area contributed by atoms with Gasteiger partial charge in [-0.1, -0.05) is 57.3 Å². The quantitative estimate of drug-likeness (QED) is 0.320. The predicted molar refractivity (Wildman–Crippen MR) is 105 cm³/mol. The third kappa shape index (κ3) is 5.32. The molecule has 1 unspecified atom stereocenters. The first-order valence-electron chi connectivity index (χ1n) is 9.58. The Balaban J connectivity index is 0.000000300. The molecule has 2 aliphatic rings. The Hall–Kier alpha value is -0.351. The van der Waals surface area contributed by atoms with Crippen LogP contribution in [0.3, 0.4) is 0 Å². The average Bonchev–Trinajstić information content (AvgIpc) is 3.29. The van der Waals surface area contributed by atoms with E-state index in [1.54, 1.807) is 11.1 Å². The van der Waals surface area contributed by atoms with Gasteiger partial charge in [0, 0.05) is 0 Å². The molecule has 2 saturated carbocycles. The van der Waals surface area contributed by atoms with Crippen LogP contribution in [-0.2, 0) is 17.1 Å². The van der Waals surface area contributed by atoms with E-state index in [0.29, 0.717) is 0 Å². The number of hydrogen-bond acceptors (Lipinski definition) is 0. The SMILES string of the molecule is P[c-]1ccc(C2CCCCC2)c1C1CCCCC1.[Fe+2].c1cc[cH-]c1. The van der Waals surface area contributed by atoms with Crippen LogP contribution in [0.25, 0.3) is 0 Å². The number of rotatable bonds is 2. The maximum atomic E-state index is 3.00. The standard InChI is InChI=1S/C17H26P.C5H5.Fe/c18-16-12-11-15(13-7-3-1-4-8-13)17(16)14-9-5-2-6-10-14;1-2-4-5-3-1;/h11-14H,1-10,18H2;1-5H;/q2*-1;+2. The van der Waals surface area contributed by atoms with Gasteiger partial charge in [-0.3, -0.25) is 0 Å². The fraction of sp³-hybridized carbons (Fsp3) is 0.545. The molecule has 2 aromatic rings. The predicted octanol–water partition coefficient (Wildman–Crippen LogP) is 6.40. The third-order valence-electron chi connectivity index (χ3n) is 5.68. The van der Waals surface area contributed by atoms with Gasteiger partial charge in [-0.2, -0.15) is 44.6 Å². The van der Waals surface area contributed by atoms with E-state index in [4.69, 9.17) is 0 Å². The molecule has 1 atom stereocenters. The van der Waals surface area contributed by atoms with Gasteiger partial charge in [0.25, 0.3) is 0 Å². The topological polar surface area (TPSA) is 0 Å². The summed E-state index contributed by atoms with van der Waals surface area (Å²) in [5.74, 6) is 1.75. The molecule has 2 fully saturated rings. The summed E-state index contributed by atoms with van der Waals surface area (Å²) < 4.78 is 0. The Morgan fingerprint density at radius 3 is 1.88 bits per heavy atom. The van der Waals surface area contributed by atoms with Crippen LogP contribution in [0.15, 0.2) is 42.5 Å². The van der Waals surface area contributed by atoms with Gasteiger partial charge in [0.2, 0.25) is 0 Å². The van der Waals surface area contributed by atoms with Crippen LogP contribution in [-0.4, -0.2) is 0 Å². The zero-order valence-corrected chi connectivity index (χ0v) is 17.0. The van der Waals surface area contributed by atoms with Crippen LogP contribution in [0.1, 0.15) is 87.2 Å². The molecule has 0 spiro atoms. The zero-order chi connectivity index (χ0) is 15.9. The molecule has 4 rings (SSSR count). The van der Waals surface area contributed by atoms with E-state index in [2.05, 4.69) is 21.4 Å². The molecular weight excluding hydrogens is 351 g/mol. The summed E-state index contributed by atoms with van der Waals surface area (Å²) in [6.45, 7) is 0. The molecule has 132 valence electrons. The average molecular weight is 382 g/mol. The normalized spacial score (nSPS) is 19.2. The molecule has 0 bridgehead atoms. The fourth-order valence-corrected chi connectivity index (χ4v) is 4.98. The maximum absolute atomic E-state index is 3.00. The van der Waals surface area contributed by atoms with Crippen molar-refractivity contribution in [1.29, 1.82) is 0 Å². The number of hydrogen-bond donors (Lipinski definition) is 0. The molecular formula is C22H31FeP. The molecule has 0 saturated heterocycles. The van der Waals surface area contributed by atoms with Crippen molar-refractivity contribution in [2.24, 2.45) is 0 Å². The van der Waals surface area contributed by atoms with Crippen molar-refractivity contribution in [2.45, 2.75) is 76.0 Å². The van der Waals surface area contributed by atoms with E-state index in [-0.39, 0.29) is 17.1 Å². The summed E-state index contributed by atoms with van der Waals surface area (Å²) in [4.78, 5) is 0. The van der Waals surface area contributed by atoms with E-state index in [9.17, 15) is 0 Å². The summed E-state index contributed by atoms with van der Waals surface area (Å²) in [7, 11) is 3.00. The molecule has 2 heteroatoms. The Kier molecular flexibility index (Phi) is 8.82. The van der Waals surface area contributed by atoms with Gasteiger partial charge in [0.1, 0.15) is 0 Å². The minimum absolute atomic E-state index is 0. The zero-order valence-electron chi connectivity index (χ0n) is 14.7. The van der Waals surface area contributed by atoms with Crippen LogP contribution < -0.4 is 5.30 Å². The van der Waals surface area contributed by atoms with Crippen molar-refractivity contribution in [2.75, 3.05) is 0 Å².